The van der Waals surface area contributed by atoms with Crippen molar-refractivity contribution in [3.63, 3.8) is 0 Å². The molecule has 29 heavy (non-hydrogen) atoms. The molecule has 1 aromatic heterocycles. The van der Waals surface area contributed by atoms with Crippen molar-refractivity contribution >= 4 is 18.3 Å². The van der Waals surface area contributed by atoms with E-state index in [1.54, 1.807) is 19.5 Å². The second-order valence-corrected chi connectivity index (χ2v) is 7.40. The van der Waals surface area contributed by atoms with E-state index in [1.807, 2.05) is 52.0 Å². The van der Waals surface area contributed by atoms with Crippen molar-refractivity contribution in [2.75, 3.05) is 12.4 Å². The van der Waals surface area contributed by atoms with Gasteiger partial charge in [0.25, 0.3) is 0 Å². The van der Waals surface area contributed by atoms with Crippen molar-refractivity contribution in [1.82, 2.24) is 15.3 Å². The van der Waals surface area contributed by atoms with E-state index in [1.165, 1.54) is 6.20 Å². The molecule has 0 aliphatic heterocycles. The number of carbonyl (C=O) groups is 1. The lowest BCUT2D eigenvalue weighted by Crippen LogP contribution is -2.32. The van der Waals surface area contributed by atoms with Gasteiger partial charge in [-0.2, -0.15) is 0 Å². The van der Waals surface area contributed by atoms with Crippen LogP contribution < -0.4 is 16.4 Å². The number of aryl methyl sites for hydroxylation is 1. The Morgan fingerprint density at radius 3 is 2.69 bits per heavy atom. The van der Waals surface area contributed by atoms with Crippen molar-refractivity contribution in [2.24, 2.45) is 10.7 Å². The van der Waals surface area contributed by atoms with E-state index in [2.05, 4.69) is 25.6 Å². The minimum atomic E-state index is -0.524. The van der Waals surface area contributed by atoms with Crippen LogP contribution in [0.2, 0.25) is 0 Å². The highest BCUT2D eigenvalue weighted by Gasteiger charge is 2.16. The molecular weight excluding hydrogens is 368 g/mol. The van der Waals surface area contributed by atoms with Gasteiger partial charge in [-0.1, -0.05) is 12.1 Å². The molecule has 8 heteroatoms. The highest BCUT2D eigenvalue weighted by Crippen LogP contribution is 2.21. The minimum absolute atomic E-state index is 0.388. The number of carbonyl (C=O) groups excluding carboxylic acids is 1. The van der Waals surface area contributed by atoms with Gasteiger partial charge in [0.15, 0.2) is 0 Å². The predicted octanol–water partition coefficient (Wildman–Crippen LogP) is 3.39. The predicted molar refractivity (Wildman–Crippen MR) is 116 cm³/mol. The number of nitrogens with one attached hydrogen (secondary N) is 2. The third-order valence-corrected chi connectivity index (χ3v) is 3.82. The van der Waals surface area contributed by atoms with Crippen molar-refractivity contribution < 1.29 is 9.53 Å². The molecule has 2 aromatic rings. The van der Waals surface area contributed by atoms with Gasteiger partial charge in [0.2, 0.25) is 5.95 Å². The SMILES string of the molecule is CN=C/C(=C\N)Nc1nccc(-c2ccc(CNC(=O)OC(C)(C)C)c(C)c2)n1. The zero-order valence-electron chi connectivity index (χ0n) is 17.5. The summed E-state index contributed by atoms with van der Waals surface area (Å²) in [4.78, 5) is 24.5. The number of nitrogens with two attached hydrogens (primary N) is 1. The molecule has 154 valence electrons. The molecule has 0 unspecified atom stereocenters. The maximum Gasteiger partial charge on any atom is 0.407 e. The zero-order valence-corrected chi connectivity index (χ0v) is 17.5. The maximum absolute atomic E-state index is 11.8. The summed E-state index contributed by atoms with van der Waals surface area (Å²) >= 11 is 0. The first-order chi connectivity index (χ1) is 13.7. The Labute approximate surface area is 171 Å². The molecule has 0 atom stereocenters. The largest absolute Gasteiger partial charge is 0.444 e. The number of aromatic nitrogens is 2. The average molecular weight is 396 g/mol. The van der Waals surface area contributed by atoms with Gasteiger partial charge in [-0.3, -0.25) is 4.99 Å². The number of allylic oxidation sites excluding steroid dienone is 1. The number of nitrogens with zero attached hydrogens (tertiary/aromatic N) is 3. The van der Waals surface area contributed by atoms with Crippen LogP contribution in [0.5, 0.6) is 0 Å². The van der Waals surface area contributed by atoms with E-state index in [-0.39, 0.29) is 0 Å². The summed E-state index contributed by atoms with van der Waals surface area (Å²) in [6.45, 7) is 7.87. The van der Waals surface area contributed by atoms with Crippen LogP contribution in [0.4, 0.5) is 10.7 Å². The van der Waals surface area contributed by atoms with Gasteiger partial charge in [-0.25, -0.2) is 14.8 Å². The molecule has 0 radical (unpaired) electrons. The Kier molecular flexibility index (Phi) is 7.30. The van der Waals surface area contributed by atoms with Crippen molar-refractivity contribution in [3.8, 4) is 11.3 Å². The van der Waals surface area contributed by atoms with Crippen LogP contribution in [0.25, 0.3) is 11.3 Å². The Balaban J connectivity index is 2.12. The van der Waals surface area contributed by atoms with Crippen LogP contribution >= 0.6 is 0 Å². The van der Waals surface area contributed by atoms with Gasteiger partial charge < -0.3 is 21.1 Å². The van der Waals surface area contributed by atoms with Gasteiger partial charge in [0, 0.05) is 37.8 Å². The quantitative estimate of drug-likeness (QED) is 0.645. The summed E-state index contributed by atoms with van der Waals surface area (Å²) in [6.07, 6.45) is 4.23. The van der Waals surface area contributed by atoms with Crippen LogP contribution in [-0.2, 0) is 11.3 Å². The number of rotatable bonds is 6. The van der Waals surface area contributed by atoms with Gasteiger partial charge in [-0.15, -0.1) is 0 Å². The summed E-state index contributed by atoms with van der Waals surface area (Å²) < 4.78 is 5.27. The van der Waals surface area contributed by atoms with Gasteiger partial charge in [0.1, 0.15) is 5.60 Å². The fourth-order valence-corrected chi connectivity index (χ4v) is 2.50. The first-order valence-corrected chi connectivity index (χ1v) is 9.22. The molecule has 0 aliphatic carbocycles. The molecule has 0 saturated carbocycles. The third kappa shape index (κ3) is 6.91. The van der Waals surface area contributed by atoms with Gasteiger partial charge in [0.05, 0.1) is 11.4 Å². The standard InChI is InChI=1S/C21H28N6O2/c1-14-10-15(6-7-16(14)12-25-20(28)29-21(2,3)4)18-8-9-24-19(27-18)26-17(11-22)13-23-5/h6-11,13H,12,22H2,1-5H3,(H,25,28)(H,24,26,27)/b17-11+,23-13?. The highest BCUT2D eigenvalue weighted by molar-refractivity contribution is 5.82. The lowest BCUT2D eigenvalue weighted by molar-refractivity contribution is 0.0523. The Morgan fingerprint density at radius 1 is 1.31 bits per heavy atom. The number of hydrogen-bond donors (Lipinski definition) is 3. The Morgan fingerprint density at radius 2 is 2.07 bits per heavy atom. The minimum Gasteiger partial charge on any atom is -0.444 e. The monoisotopic (exact) mass is 396 g/mol. The third-order valence-electron chi connectivity index (χ3n) is 3.82. The van der Waals surface area contributed by atoms with E-state index in [4.69, 9.17) is 10.5 Å². The molecule has 0 fully saturated rings. The summed E-state index contributed by atoms with van der Waals surface area (Å²) in [6, 6.07) is 7.77. The topological polar surface area (TPSA) is 115 Å². The number of hydrogen-bond acceptors (Lipinski definition) is 7. The molecule has 1 amide bonds. The first kappa shape index (κ1) is 21.9. The van der Waals surface area contributed by atoms with Crippen LogP contribution in [0, 0.1) is 6.92 Å². The maximum atomic E-state index is 11.8. The lowest BCUT2D eigenvalue weighted by Gasteiger charge is -2.20. The van der Waals surface area contributed by atoms with Gasteiger partial charge >= 0.3 is 6.09 Å². The number of alkyl carbamates (subject to hydrolysis) is 1. The molecular formula is C21H28N6O2. The molecule has 8 nitrogen and oxygen atoms in total. The summed E-state index contributed by atoms with van der Waals surface area (Å²) in [7, 11) is 1.66. The fourth-order valence-electron chi connectivity index (χ4n) is 2.50. The normalized spacial score (nSPS) is 12.1. The van der Waals surface area contributed by atoms with Gasteiger partial charge in [-0.05, 0) is 51.0 Å². The van der Waals surface area contributed by atoms with Crippen LogP contribution in [0.15, 0.2) is 47.4 Å². The first-order valence-electron chi connectivity index (χ1n) is 9.22. The van der Waals surface area contributed by atoms with E-state index < -0.39 is 11.7 Å². The summed E-state index contributed by atoms with van der Waals surface area (Å²) in [5.41, 5.74) is 9.38. The fraction of sp³-hybridized carbons (Fsp3) is 0.333. The second kappa shape index (κ2) is 9.68. The number of anilines is 1. The molecule has 0 bridgehead atoms. The number of aliphatic imine (C=N–C) groups is 1. The molecule has 0 spiro atoms. The molecule has 0 saturated heterocycles. The molecule has 1 heterocycles. The number of benzene rings is 1. The highest BCUT2D eigenvalue weighted by atomic mass is 16.6. The van der Waals surface area contributed by atoms with Crippen molar-refractivity contribution in [2.45, 2.75) is 39.8 Å². The Hall–Kier alpha value is -3.42. The molecule has 4 N–H and O–H groups in total. The molecule has 1 aromatic carbocycles. The average Bonchev–Trinajstić information content (AvgIpc) is 2.65. The van der Waals surface area contributed by atoms with E-state index in [0.717, 1.165) is 22.4 Å². The van der Waals surface area contributed by atoms with Crippen molar-refractivity contribution in [3.05, 3.63) is 53.5 Å². The summed E-state index contributed by atoms with van der Waals surface area (Å²) in [5.74, 6) is 0.424. The second-order valence-electron chi connectivity index (χ2n) is 7.40. The van der Waals surface area contributed by atoms with E-state index in [9.17, 15) is 4.79 Å². The molecule has 2 rings (SSSR count). The van der Waals surface area contributed by atoms with E-state index in [0.29, 0.717) is 18.2 Å². The number of ether oxygens (including phenoxy) is 1. The molecule has 0 aliphatic rings. The van der Waals surface area contributed by atoms with Crippen molar-refractivity contribution in [1.29, 1.82) is 0 Å². The van der Waals surface area contributed by atoms with Crippen LogP contribution in [-0.4, -0.2) is 34.9 Å². The Bertz CT molecular complexity index is 916. The van der Waals surface area contributed by atoms with Crippen LogP contribution in [0.1, 0.15) is 31.9 Å². The lowest BCUT2D eigenvalue weighted by atomic mass is 10.0. The summed E-state index contributed by atoms with van der Waals surface area (Å²) in [5, 5.41) is 5.80. The van der Waals surface area contributed by atoms with Crippen LogP contribution in [0.3, 0.4) is 0 Å². The van der Waals surface area contributed by atoms with E-state index >= 15 is 0 Å². The zero-order chi connectivity index (χ0) is 21.4. The smallest absolute Gasteiger partial charge is 0.407 e. The number of amides is 1.